The van der Waals surface area contributed by atoms with E-state index in [0.29, 0.717) is 5.78 Å². The van der Waals surface area contributed by atoms with Crippen LogP contribution in [0.5, 0.6) is 0 Å². The van der Waals surface area contributed by atoms with Gasteiger partial charge < -0.3 is 5.32 Å². The average Bonchev–Trinajstić information content (AvgIpc) is 3.07. The van der Waals surface area contributed by atoms with Crippen molar-refractivity contribution in [2.45, 2.75) is 33.2 Å². The van der Waals surface area contributed by atoms with Gasteiger partial charge in [0.25, 0.3) is 11.7 Å². The Morgan fingerprint density at radius 1 is 1.41 bits per heavy atom. The number of hydrogen-bond acceptors (Lipinski definition) is 5. The van der Waals surface area contributed by atoms with E-state index >= 15 is 0 Å². The van der Waals surface area contributed by atoms with Gasteiger partial charge in [-0.2, -0.15) is 4.98 Å². The Balaban J connectivity index is 1.76. The molecule has 0 saturated heterocycles. The molecule has 0 aliphatic heterocycles. The number of amides is 1. The maximum atomic E-state index is 12.3. The summed E-state index contributed by atoms with van der Waals surface area (Å²) >= 11 is 1.68. The van der Waals surface area contributed by atoms with E-state index < -0.39 is 0 Å². The lowest BCUT2D eigenvalue weighted by molar-refractivity contribution is 0.0930. The van der Waals surface area contributed by atoms with Gasteiger partial charge in [0.05, 0.1) is 0 Å². The molecule has 1 amide bonds. The first-order valence-corrected chi connectivity index (χ1v) is 7.95. The Kier molecular flexibility index (Phi) is 3.89. The molecule has 0 unspecified atom stereocenters. The molecule has 0 aromatic carbocycles. The molecule has 1 N–H and O–H groups in total. The fourth-order valence-corrected chi connectivity index (χ4v) is 3.17. The van der Waals surface area contributed by atoms with Crippen LogP contribution < -0.4 is 5.32 Å². The van der Waals surface area contributed by atoms with Gasteiger partial charge in [0.1, 0.15) is 0 Å². The minimum Gasteiger partial charge on any atom is -0.346 e. The van der Waals surface area contributed by atoms with Gasteiger partial charge >= 0.3 is 0 Å². The van der Waals surface area contributed by atoms with Crippen LogP contribution in [0, 0.1) is 13.8 Å². The molecule has 0 spiro atoms. The Bertz CT molecular complexity index is 809. The third-order valence-corrected chi connectivity index (χ3v) is 4.19. The van der Waals surface area contributed by atoms with Gasteiger partial charge in [-0.05, 0) is 38.3 Å². The lowest BCUT2D eigenvalue weighted by Gasteiger charge is -2.10. The summed E-state index contributed by atoms with van der Waals surface area (Å²) in [5.41, 5.74) is 1.76. The standard InChI is InChI=1S/C15H17N5OS/c1-9-7-11(3)20-15(17-9)18-13(19-20)14(21)16-10(2)8-12-5-4-6-22-12/h4-7,10H,8H2,1-3H3,(H,16,21)/t10-/m1/s1. The molecule has 6 nitrogen and oxygen atoms in total. The van der Waals surface area contributed by atoms with Gasteiger partial charge in [-0.15, -0.1) is 16.4 Å². The average molecular weight is 315 g/mol. The molecule has 0 fully saturated rings. The first-order chi connectivity index (χ1) is 10.5. The van der Waals surface area contributed by atoms with E-state index in [4.69, 9.17) is 0 Å². The maximum Gasteiger partial charge on any atom is 0.291 e. The molecule has 0 aliphatic rings. The van der Waals surface area contributed by atoms with Crippen LogP contribution in [0.4, 0.5) is 0 Å². The number of nitrogens with one attached hydrogen (secondary N) is 1. The zero-order chi connectivity index (χ0) is 15.7. The highest BCUT2D eigenvalue weighted by atomic mass is 32.1. The first kappa shape index (κ1) is 14.6. The van der Waals surface area contributed by atoms with Gasteiger partial charge in [-0.1, -0.05) is 6.07 Å². The van der Waals surface area contributed by atoms with Crippen LogP contribution in [0.1, 0.15) is 33.8 Å². The molecule has 3 aromatic heterocycles. The summed E-state index contributed by atoms with van der Waals surface area (Å²) in [5, 5.41) is 9.20. The summed E-state index contributed by atoms with van der Waals surface area (Å²) < 4.78 is 1.59. The molecule has 0 saturated carbocycles. The van der Waals surface area contributed by atoms with Crippen molar-refractivity contribution in [2.75, 3.05) is 0 Å². The monoisotopic (exact) mass is 315 g/mol. The van der Waals surface area contributed by atoms with E-state index in [0.717, 1.165) is 17.8 Å². The van der Waals surface area contributed by atoms with Gasteiger partial charge in [-0.25, -0.2) is 9.50 Å². The molecular weight excluding hydrogens is 298 g/mol. The minimum absolute atomic E-state index is 0.0218. The minimum atomic E-state index is -0.272. The van der Waals surface area contributed by atoms with Crippen LogP contribution in [0.15, 0.2) is 23.6 Å². The third-order valence-electron chi connectivity index (χ3n) is 3.29. The SMILES string of the molecule is Cc1cc(C)n2nc(C(=O)N[C@H](C)Cc3cccs3)nc2n1. The molecule has 22 heavy (non-hydrogen) atoms. The van der Waals surface area contributed by atoms with Crippen LogP contribution in [-0.2, 0) is 6.42 Å². The normalized spacial score (nSPS) is 12.5. The Hall–Kier alpha value is -2.28. The highest BCUT2D eigenvalue weighted by Gasteiger charge is 2.17. The quantitative estimate of drug-likeness (QED) is 0.801. The second kappa shape index (κ2) is 5.84. The largest absolute Gasteiger partial charge is 0.346 e. The molecule has 7 heteroatoms. The van der Waals surface area contributed by atoms with E-state index in [1.165, 1.54) is 4.88 Å². The highest BCUT2D eigenvalue weighted by Crippen LogP contribution is 2.11. The number of thiophene rings is 1. The fourth-order valence-electron chi connectivity index (χ4n) is 2.33. The molecule has 3 aromatic rings. The first-order valence-electron chi connectivity index (χ1n) is 7.07. The van der Waals surface area contributed by atoms with Gasteiger partial charge in [-0.3, -0.25) is 4.79 Å². The second-order valence-corrected chi connectivity index (χ2v) is 6.38. The van der Waals surface area contributed by atoms with Crippen molar-refractivity contribution in [1.29, 1.82) is 0 Å². The predicted octanol–water partition coefficient (Wildman–Crippen LogP) is 2.16. The van der Waals surface area contributed by atoms with Crippen molar-refractivity contribution in [3.8, 4) is 0 Å². The summed E-state index contributed by atoms with van der Waals surface area (Å²) in [6.07, 6.45) is 0.799. The molecule has 0 aliphatic carbocycles. The van der Waals surface area contributed by atoms with Crippen LogP contribution >= 0.6 is 11.3 Å². The lowest BCUT2D eigenvalue weighted by atomic mass is 10.2. The van der Waals surface area contributed by atoms with Crippen molar-refractivity contribution in [1.82, 2.24) is 24.9 Å². The number of carbonyl (C=O) groups excluding carboxylic acids is 1. The third kappa shape index (κ3) is 2.99. The summed E-state index contributed by atoms with van der Waals surface area (Å²) in [6, 6.07) is 6.00. The molecule has 1 atom stereocenters. The molecule has 3 heterocycles. The van der Waals surface area contributed by atoms with Crippen LogP contribution in [0.3, 0.4) is 0 Å². The van der Waals surface area contributed by atoms with E-state index in [-0.39, 0.29) is 17.8 Å². The van der Waals surface area contributed by atoms with Gasteiger partial charge in [0.15, 0.2) is 0 Å². The molecule has 0 radical (unpaired) electrons. The highest BCUT2D eigenvalue weighted by molar-refractivity contribution is 7.09. The number of rotatable bonds is 4. The van der Waals surface area contributed by atoms with E-state index in [9.17, 15) is 4.79 Å². The Morgan fingerprint density at radius 3 is 2.95 bits per heavy atom. The number of carbonyl (C=O) groups is 1. The van der Waals surface area contributed by atoms with Crippen molar-refractivity contribution < 1.29 is 4.79 Å². The summed E-state index contributed by atoms with van der Waals surface area (Å²) in [7, 11) is 0. The van der Waals surface area contributed by atoms with Crippen molar-refractivity contribution in [2.24, 2.45) is 0 Å². The van der Waals surface area contributed by atoms with E-state index in [1.807, 2.05) is 38.3 Å². The molecule has 0 bridgehead atoms. The van der Waals surface area contributed by atoms with Crippen molar-refractivity contribution >= 4 is 23.0 Å². The number of fused-ring (bicyclic) bond motifs is 1. The number of hydrogen-bond donors (Lipinski definition) is 1. The number of nitrogens with zero attached hydrogens (tertiary/aromatic N) is 4. The summed E-state index contributed by atoms with van der Waals surface area (Å²) in [6.45, 7) is 5.78. The Morgan fingerprint density at radius 2 is 2.23 bits per heavy atom. The molecular formula is C15H17N5OS. The van der Waals surface area contributed by atoms with Crippen molar-refractivity contribution in [3.63, 3.8) is 0 Å². The van der Waals surface area contributed by atoms with Gasteiger partial charge in [0, 0.05) is 28.7 Å². The maximum absolute atomic E-state index is 12.3. The number of aryl methyl sites for hydroxylation is 2. The zero-order valence-electron chi connectivity index (χ0n) is 12.7. The zero-order valence-corrected chi connectivity index (χ0v) is 13.5. The fraction of sp³-hybridized carbons (Fsp3) is 0.333. The summed E-state index contributed by atoms with van der Waals surface area (Å²) in [5.74, 6) is 0.333. The van der Waals surface area contributed by atoms with Crippen LogP contribution in [-0.4, -0.2) is 31.5 Å². The van der Waals surface area contributed by atoms with Crippen LogP contribution in [0.25, 0.3) is 5.78 Å². The number of aromatic nitrogens is 4. The van der Waals surface area contributed by atoms with E-state index in [2.05, 4.69) is 26.4 Å². The van der Waals surface area contributed by atoms with Crippen molar-refractivity contribution in [3.05, 3.63) is 45.7 Å². The summed E-state index contributed by atoms with van der Waals surface area (Å²) in [4.78, 5) is 22.0. The van der Waals surface area contributed by atoms with Crippen LogP contribution in [0.2, 0.25) is 0 Å². The predicted molar refractivity (Wildman–Crippen MR) is 85.2 cm³/mol. The topological polar surface area (TPSA) is 72.2 Å². The molecule has 114 valence electrons. The van der Waals surface area contributed by atoms with Gasteiger partial charge in [0.2, 0.25) is 5.82 Å². The molecule has 3 rings (SSSR count). The smallest absolute Gasteiger partial charge is 0.291 e. The Labute approximate surface area is 132 Å². The lowest BCUT2D eigenvalue weighted by Crippen LogP contribution is -2.34. The second-order valence-electron chi connectivity index (χ2n) is 5.34. The van der Waals surface area contributed by atoms with E-state index in [1.54, 1.807) is 15.9 Å².